The minimum absolute atomic E-state index is 0.0396. The van der Waals surface area contributed by atoms with E-state index in [9.17, 15) is 4.79 Å². The lowest BCUT2D eigenvalue weighted by Gasteiger charge is -2.07. The second-order valence-corrected chi connectivity index (χ2v) is 6.12. The second-order valence-electron chi connectivity index (χ2n) is 6.12. The van der Waals surface area contributed by atoms with Crippen LogP contribution in [0.2, 0.25) is 0 Å². The summed E-state index contributed by atoms with van der Waals surface area (Å²) in [5.74, 6) is 0.780. The quantitative estimate of drug-likeness (QED) is 0.772. The summed E-state index contributed by atoms with van der Waals surface area (Å²) in [6.45, 7) is 11.2. The molecule has 0 atom stereocenters. The number of carbonyl (C=O) groups excluding carboxylic acids is 1. The Bertz CT molecular complexity index is 450. The Balaban J connectivity index is 2.39. The molecule has 18 heavy (non-hydrogen) atoms. The standard InChI is InChI=1S/C14H22N2O2/c1-7-16-10(9(18-6)8-15-16)11(17)12-13(2,3)14(12,4)5/h8,12H,7H2,1-6H3. The van der Waals surface area contributed by atoms with Crippen molar-refractivity contribution in [1.82, 2.24) is 9.78 Å². The number of ketones is 1. The maximum atomic E-state index is 12.7. The van der Waals surface area contributed by atoms with E-state index in [0.29, 0.717) is 18.0 Å². The lowest BCUT2D eigenvalue weighted by atomic mass is 10.0. The van der Waals surface area contributed by atoms with Gasteiger partial charge in [-0.1, -0.05) is 27.7 Å². The van der Waals surface area contributed by atoms with E-state index in [1.807, 2.05) is 6.92 Å². The number of Topliss-reactive ketones (excluding diaryl/α,β-unsaturated/α-hetero) is 1. The smallest absolute Gasteiger partial charge is 0.188 e. The Morgan fingerprint density at radius 2 is 1.94 bits per heavy atom. The van der Waals surface area contributed by atoms with Crippen LogP contribution in [0.3, 0.4) is 0 Å². The van der Waals surface area contributed by atoms with Crippen LogP contribution in [0.15, 0.2) is 6.20 Å². The Kier molecular flexibility index (Phi) is 2.80. The lowest BCUT2D eigenvalue weighted by molar-refractivity contribution is 0.0931. The lowest BCUT2D eigenvalue weighted by Crippen LogP contribution is -2.15. The van der Waals surface area contributed by atoms with E-state index in [4.69, 9.17) is 4.74 Å². The molecule has 1 aliphatic rings. The van der Waals surface area contributed by atoms with E-state index in [-0.39, 0.29) is 22.5 Å². The van der Waals surface area contributed by atoms with Gasteiger partial charge in [0.05, 0.1) is 13.3 Å². The van der Waals surface area contributed by atoms with Crippen LogP contribution < -0.4 is 4.74 Å². The second kappa shape index (κ2) is 3.84. The summed E-state index contributed by atoms with van der Waals surface area (Å²) >= 11 is 0. The molecule has 4 heteroatoms. The van der Waals surface area contributed by atoms with Crippen LogP contribution in [0.25, 0.3) is 0 Å². The zero-order valence-corrected chi connectivity index (χ0v) is 12.1. The monoisotopic (exact) mass is 250 g/mol. The zero-order valence-electron chi connectivity index (χ0n) is 12.1. The van der Waals surface area contributed by atoms with Gasteiger partial charge in [-0.25, -0.2) is 0 Å². The van der Waals surface area contributed by atoms with E-state index in [1.54, 1.807) is 18.0 Å². The van der Waals surface area contributed by atoms with Crippen LogP contribution in [0.1, 0.15) is 45.1 Å². The fourth-order valence-corrected chi connectivity index (χ4v) is 2.99. The van der Waals surface area contributed by atoms with E-state index in [1.165, 1.54) is 0 Å². The molecule has 0 aromatic carbocycles. The molecule has 1 fully saturated rings. The van der Waals surface area contributed by atoms with Crippen molar-refractivity contribution in [1.29, 1.82) is 0 Å². The largest absolute Gasteiger partial charge is 0.493 e. The van der Waals surface area contributed by atoms with Gasteiger partial charge in [0.1, 0.15) is 5.69 Å². The van der Waals surface area contributed by atoms with Gasteiger partial charge in [0.15, 0.2) is 11.5 Å². The number of ether oxygens (including phenoxy) is 1. The highest BCUT2D eigenvalue weighted by atomic mass is 16.5. The third-order valence-corrected chi connectivity index (χ3v) is 4.84. The average Bonchev–Trinajstić information content (AvgIpc) is 2.66. The molecule has 0 amide bonds. The summed E-state index contributed by atoms with van der Waals surface area (Å²) in [6.07, 6.45) is 1.62. The predicted molar refractivity (Wildman–Crippen MR) is 69.8 cm³/mol. The highest BCUT2D eigenvalue weighted by Gasteiger charge is 2.68. The number of carbonyl (C=O) groups is 1. The summed E-state index contributed by atoms with van der Waals surface area (Å²) in [4.78, 5) is 12.7. The van der Waals surface area contributed by atoms with Crippen molar-refractivity contribution in [3.8, 4) is 5.75 Å². The molecule has 0 unspecified atom stereocenters. The van der Waals surface area contributed by atoms with Crippen LogP contribution in [0, 0.1) is 16.7 Å². The van der Waals surface area contributed by atoms with Gasteiger partial charge in [-0.15, -0.1) is 0 Å². The molecule has 1 heterocycles. The number of hydrogen-bond donors (Lipinski definition) is 0. The SMILES string of the molecule is CCn1ncc(OC)c1C(=O)C1C(C)(C)C1(C)C. The van der Waals surface area contributed by atoms with Crippen molar-refractivity contribution in [3.63, 3.8) is 0 Å². The van der Waals surface area contributed by atoms with Crippen molar-refractivity contribution < 1.29 is 9.53 Å². The maximum absolute atomic E-state index is 12.7. The average molecular weight is 250 g/mol. The van der Waals surface area contributed by atoms with Crippen molar-refractivity contribution in [3.05, 3.63) is 11.9 Å². The summed E-state index contributed by atoms with van der Waals surface area (Å²) in [6, 6.07) is 0. The van der Waals surface area contributed by atoms with Crippen LogP contribution >= 0.6 is 0 Å². The fraction of sp³-hybridized carbons (Fsp3) is 0.714. The molecular weight excluding hydrogens is 228 g/mol. The topological polar surface area (TPSA) is 44.1 Å². The number of aromatic nitrogens is 2. The zero-order chi connectivity index (χ0) is 13.7. The predicted octanol–water partition coefficient (Wildman–Crippen LogP) is 2.78. The first-order chi connectivity index (χ1) is 8.29. The van der Waals surface area contributed by atoms with Crippen LogP contribution in [0.5, 0.6) is 5.75 Å². The molecule has 1 aromatic rings. The van der Waals surface area contributed by atoms with E-state index < -0.39 is 0 Å². The first kappa shape index (κ1) is 13.1. The van der Waals surface area contributed by atoms with E-state index in [0.717, 1.165) is 0 Å². The molecule has 0 bridgehead atoms. The molecule has 100 valence electrons. The number of hydrogen-bond acceptors (Lipinski definition) is 3. The van der Waals surface area contributed by atoms with Gasteiger partial charge >= 0.3 is 0 Å². The number of rotatable bonds is 4. The maximum Gasteiger partial charge on any atom is 0.188 e. The van der Waals surface area contributed by atoms with Gasteiger partial charge in [-0.05, 0) is 17.8 Å². The summed E-state index contributed by atoms with van der Waals surface area (Å²) < 4.78 is 6.99. The number of nitrogens with zero attached hydrogens (tertiary/aromatic N) is 2. The Hall–Kier alpha value is -1.32. The van der Waals surface area contributed by atoms with Gasteiger partial charge < -0.3 is 4.74 Å². The molecule has 2 rings (SSSR count). The molecule has 0 N–H and O–H groups in total. The van der Waals surface area contributed by atoms with Crippen molar-refractivity contribution in [2.24, 2.45) is 16.7 Å². The van der Waals surface area contributed by atoms with Crippen molar-refractivity contribution >= 4 is 5.78 Å². The third kappa shape index (κ3) is 1.51. The molecule has 0 saturated heterocycles. The minimum Gasteiger partial charge on any atom is -0.493 e. The molecular formula is C14H22N2O2. The van der Waals surface area contributed by atoms with E-state index >= 15 is 0 Å². The van der Waals surface area contributed by atoms with Gasteiger partial charge in [-0.3, -0.25) is 9.48 Å². The number of methoxy groups -OCH3 is 1. The molecule has 0 spiro atoms. The molecule has 0 radical (unpaired) electrons. The van der Waals surface area contributed by atoms with E-state index in [2.05, 4.69) is 32.8 Å². The molecule has 1 saturated carbocycles. The molecule has 0 aliphatic heterocycles. The van der Waals surface area contributed by atoms with Crippen LogP contribution in [0.4, 0.5) is 0 Å². The first-order valence-electron chi connectivity index (χ1n) is 6.43. The Morgan fingerprint density at radius 1 is 1.39 bits per heavy atom. The summed E-state index contributed by atoms with van der Waals surface area (Å²) in [5.41, 5.74) is 0.694. The van der Waals surface area contributed by atoms with Gasteiger partial charge in [0.25, 0.3) is 0 Å². The van der Waals surface area contributed by atoms with Crippen molar-refractivity contribution in [2.75, 3.05) is 7.11 Å². The third-order valence-electron chi connectivity index (χ3n) is 4.84. The fourth-order valence-electron chi connectivity index (χ4n) is 2.99. The normalized spacial score (nSPS) is 20.8. The summed E-state index contributed by atoms with van der Waals surface area (Å²) in [5, 5.41) is 4.20. The van der Waals surface area contributed by atoms with Crippen LogP contribution in [-0.4, -0.2) is 22.7 Å². The van der Waals surface area contributed by atoms with Gasteiger partial charge in [0, 0.05) is 12.5 Å². The number of aryl methyl sites for hydroxylation is 1. The summed E-state index contributed by atoms with van der Waals surface area (Å²) in [7, 11) is 1.58. The first-order valence-corrected chi connectivity index (χ1v) is 6.43. The Labute approximate surface area is 108 Å². The molecule has 1 aromatic heterocycles. The van der Waals surface area contributed by atoms with Crippen LogP contribution in [-0.2, 0) is 6.54 Å². The molecule has 1 aliphatic carbocycles. The molecule has 4 nitrogen and oxygen atoms in total. The highest BCUT2D eigenvalue weighted by Crippen LogP contribution is 2.69. The highest BCUT2D eigenvalue weighted by molar-refractivity contribution is 6.01. The van der Waals surface area contributed by atoms with Crippen molar-refractivity contribution in [2.45, 2.75) is 41.2 Å². The Morgan fingerprint density at radius 3 is 2.33 bits per heavy atom. The minimum atomic E-state index is 0.0396. The van der Waals surface area contributed by atoms with Gasteiger partial charge in [0.2, 0.25) is 0 Å². The van der Waals surface area contributed by atoms with Gasteiger partial charge in [-0.2, -0.15) is 5.10 Å².